The van der Waals surface area contributed by atoms with E-state index in [0.29, 0.717) is 39.3 Å². The highest BCUT2D eigenvalue weighted by Crippen LogP contribution is 2.55. The van der Waals surface area contributed by atoms with Crippen molar-refractivity contribution in [1.82, 2.24) is 15.0 Å². The van der Waals surface area contributed by atoms with Crippen LogP contribution >= 0.6 is 11.3 Å². The summed E-state index contributed by atoms with van der Waals surface area (Å²) in [7, 11) is 1.95. The molecule has 0 aliphatic heterocycles. The van der Waals surface area contributed by atoms with Crippen molar-refractivity contribution in [3.63, 3.8) is 0 Å². The lowest BCUT2D eigenvalue weighted by atomic mass is 9.78. The number of phenolic OH excluding ortho intramolecular Hbond substituents is 4. The molecule has 8 nitrogen and oxygen atoms in total. The second-order valence-corrected chi connectivity index (χ2v) is 18.0. The first-order valence-electron chi connectivity index (χ1n) is 21.3. The third-order valence-electron chi connectivity index (χ3n) is 13.0. The maximum absolute atomic E-state index is 12.4. The number of para-hydroxylation sites is 1. The number of hydrogen-bond donors (Lipinski definition) is 4. The van der Waals surface area contributed by atoms with Crippen molar-refractivity contribution in [2.24, 2.45) is 0 Å². The molecule has 4 N–H and O–H groups in total. The van der Waals surface area contributed by atoms with E-state index in [9.17, 15) is 20.4 Å². The van der Waals surface area contributed by atoms with Crippen LogP contribution in [0.1, 0.15) is 35.1 Å². The van der Waals surface area contributed by atoms with E-state index < -0.39 is 11.5 Å². The van der Waals surface area contributed by atoms with E-state index in [4.69, 9.17) is 19.4 Å². The molecule has 0 saturated carbocycles. The van der Waals surface area contributed by atoms with Gasteiger partial charge < -0.3 is 24.8 Å². The maximum Gasteiger partial charge on any atom is 0.173 e. The number of benzene rings is 8. The third kappa shape index (κ3) is 5.45. The molecule has 0 unspecified atom stereocenters. The van der Waals surface area contributed by atoms with Gasteiger partial charge in [-0.1, -0.05) is 108 Å². The summed E-state index contributed by atoms with van der Waals surface area (Å²) in [5.41, 5.74) is 8.11. The fourth-order valence-electron chi connectivity index (χ4n) is 10.3. The van der Waals surface area contributed by atoms with Gasteiger partial charge in [0.2, 0.25) is 0 Å². The number of rotatable bonds is 4. The van der Waals surface area contributed by atoms with Crippen LogP contribution in [-0.2, 0) is 0 Å². The number of aromatic hydroxyl groups is 4. The number of hydrogen-bond acceptors (Lipinski definition) is 9. The van der Waals surface area contributed by atoms with Gasteiger partial charge in [0.1, 0.15) is 35.9 Å². The van der Waals surface area contributed by atoms with E-state index in [-0.39, 0.29) is 33.0 Å². The summed E-state index contributed by atoms with van der Waals surface area (Å²) in [6.45, 7) is 5.90. The third-order valence-corrected chi connectivity index (χ3v) is 14.3. The van der Waals surface area contributed by atoms with Crippen LogP contribution in [0.15, 0.2) is 114 Å². The van der Waals surface area contributed by atoms with E-state index in [1.807, 2.05) is 71.1 Å². The molecule has 308 valence electrons. The van der Waals surface area contributed by atoms with Crippen molar-refractivity contribution in [2.75, 3.05) is 0 Å². The molecule has 64 heavy (non-hydrogen) atoms. The highest BCUT2D eigenvalue weighted by atomic mass is 32.1. The fourth-order valence-corrected chi connectivity index (χ4v) is 11.6. The number of phenols is 4. The van der Waals surface area contributed by atoms with Gasteiger partial charge in [0.05, 0.1) is 9.40 Å². The van der Waals surface area contributed by atoms with Gasteiger partial charge in [-0.25, -0.2) is 15.0 Å². The van der Waals surface area contributed by atoms with Gasteiger partial charge in [-0.15, -0.1) is 11.3 Å². The zero-order chi connectivity index (χ0) is 43.7. The minimum atomic E-state index is -0.579. The van der Waals surface area contributed by atoms with Crippen LogP contribution in [0.25, 0.3) is 109 Å². The molecule has 12 rings (SSSR count). The second-order valence-electron chi connectivity index (χ2n) is 17.0. The monoisotopic (exact) mass is 851 g/mol. The SMILES string of the molecule is Bc1c(C2=c3oc4ccccc4c3=CCC2)c(C)c(O)c2sc3c(O)c(-c4nc(-c5cc(C)cc(C)c5)nc(-c5ccc6c7ccccc7c7ccccc7c6c5)n4)c(O)c(O)c3c12. The van der Waals surface area contributed by atoms with E-state index in [0.717, 1.165) is 99.6 Å². The highest BCUT2D eigenvalue weighted by molar-refractivity contribution is 7.27. The average Bonchev–Trinajstić information content (AvgIpc) is 3.91. The van der Waals surface area contributed by atoms with E-state index in [2.05, 4.69) is 72.8 Å². The normalized spacial score (nSPS) is 12.9. The van der Waals surface area contributed by atoms with E-state index in [1.165, 1.54) is 5.39 Å². The molecule has 3 aromatic heterocycles. The molecule has 11 aromatic rings. The van der Waals surface area contributed by atoms with Gasteiger partial charge in [0.25, 0.3) is 0 Å². The van der Waals surface area contributed by atoms with Crippen LogP contribution in [0.2, 0.25) is 0 Å². The summed E-state index contributed by atoms with van der Waals surface area (Å²) >= 11 is 1.15. The van der Waals surface area contributed by atoms with Crippen molar-refractivity contribution >= 4 is 99.8 Å². The van der Waals surface area contributed by atoms with Crippen molar-refractivity contribution in [3.8, 4) is 57.2 Å². The van der Waals surface area contributed by atoms with E-state index in [1.54, 1.807) is 0 Å². The Morgan fingerprint density at radius 2 is 1.12 bits per heavy atom. The standard InChI is InChI=1S/C54H38BN3O5S/c1-25-21-26(2)23-29(22-25)53-56-52(28-19-20-34-32-13-5-4-11-30(32)31-12-6-7-14-33(31)38(34)24-28)57-54(58-53)43-47(61)46(60)42-41-44(55)40(27(3)45(59)50(41)64-51(42)48(43)62)37-17-10-16-36-35-15-8-9-18-39(35)63-49(36)37/h4-9,11-16,18-24,59-62H,10,17,55H2,1-3H3. The molecule has 1 aliphatic carbocycles. The molecule has 3 heterocycles. The van der Waals surface area contributed by atoms with Crippen molar-refractivity contribution < 1.29 is 24.8 Å². The van der Waals surface area contributed by atoms with Gasteiger partial charge in [-0.05, 0) is 101 Å². The Morgan fingerprint density at radius 3 is 1.81 bits per heavy atom. The van der Waals surface area contributed by atoms with Gasteiger partial charge in [-0.2, -0.15) is 0 Å². The first kappa shape index (κ1) is 38.0. The Hall–Kier alpha value is -7.69. The number of aromatic nitrogens is 3. The Kier molecular flexibility index (Phi) is 8.26. The highest BCUT2D eigenvalue weighted by Gasteiger charge is 2.30. The number of fused-ring (bicyclic) bond motifs is 12. The van der Waals surface area contributed by atoms with Gasteiger partial charge in [0.15, 0.2) is 29.0 Å². The zero-order valence-electron chi connectivity index (χ0n) is 35.3. The maximum atomic E-state index is 12.4. The Labute approximate surface area is 370 Å². The summed E-state index contributed by atoms with van der Waals surface area (Å²) in [5.74, 6) is -0.659. The van der Waals surface area contributed by atoms with Crippen LogP contribution in [0.5, 0.6) is 23.0 Å². The van der Waals surface area contributed by atoms with Crippen molar-refractivity contribution in [2.45, 2.75) is 33.6 Å². The molecule has 1 aliphatic rings. The molecule has 0 radical (unpaired) electrons. The molecule has 0 saturated heterocycles. The van der Waals surface area contributed by atoms with Crippen LogP contribution in [-0.4, -0.2) is 43.2 Å². The Bertz CT molecular complexity index is 3970. The Balaban J connectivity index is 1.11. The molecule has 0 atom stereocenters. The topological polar surface area (TPSA) is 133 Å². The molecular formula is C54H38BN3O5S. The predicted molar refractivity (Wildman–Crippen MR) is 262 cm³/mol. The second kappa shape index (κ2) is 13.9. The van der Waals surface area contributed by atoms with Crippen molar-refractivity contribution in [3.05, 3.63) is 142 Å². The minimum absolute atomic E-state index is 0.0171. The number of nitrogens with zero attached hydrogens (tertiary/aromatic N) is 3. The molecule has 0 spiro atoms. The van der Waals surface area contributed by atoms with Crippen LogP contribution in [0.4, 0.5) is 0 Å². The zero-order valence-corrected chi connectivity index (χ0v) is 36.1. The lowest BCUT2D eigenvalue weighted by Crippen LogP contribution is -2.29. The quantitative estimate of drug-likeness (QED) is 0.0596. The fraction of sp³-hybridized carbons (Fsp3) is 0.0926. The van der Waals surface area contributed by atoms with Gasteiger partial charge >= 0.3 is 0 Å². The first-order valence-corrected chi connectivity index (χ1v) is 22.1. The molecule has 0 bridgehead atoms. The first-order chi connectivity index (χ1) is 31.0. The molecule has 0 amide bonds. The van der Waals surface area contributed by atoms with Crippen LogP contribution < -0.4 is 16.1 Å². The summed E-state index contributed by atoms with van der Waals surface area (Å²) in [4.78, 5) is 14.9. The van der Waals surface area contributed by atoms with Gasteiger partial charge in [-0.3, -0.25) is 0 Å². The molecule has 10 heteroatoms. The smallest absolute Gasteiger partial charge is 0.173 e. The van der Waals surface area contributed by atoms with Crippen LogP contribution in [0.3, 0.4) is 0 Å². The average molecular weight is 852 g/mol. The summed E-state index contributed by atoms with van der Waals surface area (Å²) < 4.78 is 7.23. The summed E-state index contributed by atoms with van der Waals surface area (Å²) in [5, 5.41) is 58.2. The Morgan fingerprint density at radius 1 is 0.547 bits per heavy atom. The number of aryl methyl sites for hydroxylation is 2. The summed E-state index contributed by atoms with van der Waals surface area (Å²) in [6, 6.07) is 36.9. The molecular weight excluding hydrogens is 813 g/mol. The van der Waals surface area contributed by atoms with Gasteiger partial charge in [0, 0.05) is 38.1 Å². The summed E-state index contributed by atoms with van der Waals surface area (Å²) in [6.07, 6.45) is 3.66. The lowest BCUT2D eigenvalue weighted by molar-refractivity contribution is 0.404. The lowest BCUT2D eigenvalue weighted by Gasteiger charge is -2.18. The molecule has 8 aromatic carbocycles. The number of thiophene rings is 1. The molecule has 0 fully saturated rings. The largest absolute Gasteiger partial charge is 0.506 e. The van der Waals surface area contributed by atoms with E-state index >= 15 is 0 Å². The minimum Gasteiger partial charge on any atom is -0.506 e. The number of furan rings is 1. The predicted octanol–water partition coefficient (Wildman–Crippen LogP) is 10.2. The van der Waals surface area contributed by atoms with Crippen molar-refractivity contribution in [1.29, 1.82) is 0 Å². The van der Waals surface area contributed by atoms with Crippen LogP contribution in [0, 0.1) is 20.8 Å².